The predicted octanol–water partition coefficient (Wildman–Crippen LogP) is 2.29. The SMILES string of the molecule is COc1ccc(Cl)cc1NC(=O)N(C)CCC(=O)O. The molecule has 0 spiro atoms. The molecule has 6 nitrogen and oxygen atoms in total. The highest BCUT2D eigenvalue weighted by molar-refractivity contribution is 6.31. The smallest absolute Gasteiger partial charge is 0.321 e. The van der Waals surface area contributed by atoms with Crippen LogP contribution in [0.3, 0.4) is 0 Å². The molecule has 0 aliphatic heterocycles. The Labute approximate surface area is 115 Å². The van der Waals surface area contributed by atoms with Gasteiger partial charge in [-0.2, -0.15) is 0 Å². The Balaban J connectivity index is 2.70. The molecule has 0 heterocycles. The largest absolute Gasteiger partial charge is 0.495 e. The third-order valence-electron chi connectivity index (χ3n) is 2.41. The first-order valence-electron chi connectivity index (χ1n) is 5.51. The van der Waals surface area contributed by atoms with Gasteiger partial charge in [0.05, 0.1) is 19.2 Å². The lowest BCUT2D eigenvalue weighted by atomic mass is 10.3. The van der Waals surface area contributed by atoms with Crippen molar-refractivity contribution in [2.24, 2.45) is 0 Å². The number of amides is 2. The van der Waals surface area contributed by atoms with E-state index in [1.807, 2.05) is 0 Å². The van der Waals surface area contributed by atoms with Crippen molar-refractivity contribution in [3.63, 3.8) is 0 Å². The molecule has 1 rings (SSSR count). The number of methoxy groups -OCH3 is 1. The van der Waals surface area contributed by atoms with E-state index in [-0.39, 0.29) is 13.0 Å². The van der Waals surface area contributed by atoms with Gasteiger partial charge >= 0.3 is 12.0 Å². The third-order valence-corrected chi connectivity index (χ3v) is 2.65. The van der Waals surface area contributed by atoms with E-state index in [4.69, 9.17) is 21.4 Å². The summed E-state index contributed by atoms with van der Waals surface area (Å²) in [6.45, 7) is 0.115. The van der Waals surface area contributed by atoms with Crippen LogP contribution in [0, 0.1) is 0 Å². The molecule has 19 heavy (non-hydrogen) atoms. The number of hydrogen-bond donors (Lipinski definition) is 2. The number of hydrogen-bond acceptors (Lipinski definition) is 3. The number of carbonyl (C=O) groups is 2. The van der Waals surface area contributed by atoms with E-state index >= 15 is 0 Å². The monoisotopic (exact) mass is 286 g/mol. The summed E-state index contributed by atoms with van der Waals surface area (Å²) < 4.78 is 5.09. The summed E-state index contributed by atoms with van der Waals surface area (Å²) in [7, 11) is 2.99. The zero-order valence-electron chi connectivity index (χ0n) is 10.6. The van der Waals surface area contributed by atoms with Gasteiger partial charge < -0.3 is 20.1 Å². The van der Waals surface area contributed by atoms with Crippen LogP contribution in [0.4, 0.5) is 10.5 Å². The molecule has 0 radical (unpaired) electrons. The van der Waals surface area contributed by atoms with Gasteiger partial charge in [-0.3, -0.25) is 4.79 Å². The highest BCUT2D eigenvalue weighted by Crippen LogP contribution is 2.27. The normalized spacial score (nSPS) is 9.84. The number of carbonyl (C=O) groups excluding carboxylic acids is 1. The van der Waals surface area contributed by atoms with Crippen molar-refractivity contribution in [3.8, 4) is 5.75 Å². The van der Waals surface area contributed by atoms with E-state index in [0.29, 0.717) is 16.5 Å². The highest BCUT2D eigenvalue weighted by atomic mass is 35.5. The van der Waals surface area contributed by atoms with E-state index in [2.05, 4.69) is 5.32 Å². The number of ether oxygens (including phenoxy) is 1. The molecule has 0 aromatic heterocycles. The van der Waals surface area contributed by atoms with Gasteiger partial charge in [0.1, 0.15) is 5.75 Å². The lowest BCUT2D eigenvalue weighted by Crippen LogP contribution is -2.33. The van der Waals surface area contributed by atoms with Crippen LogP contribution in [0.15, 0.2) is 18.2 Å². The van der Waals surface area contributed by atoms with Crippen molar-refractivity contribution < 1.29 is 19.4 Å². The summed E-state index contributed by atoms with van der Waals surface area (Å²) in [6, 6.07) is 4.41. The zero-order valence-corrected chi connectivity index (χ0v) is 11.4. The number of carboxylic acid groups (broad SMARTS) is 1. The number of urea groups is 1. The van der Waals surface area contributed by atoms with Crippen LogP contribution < -0.4 is 10.1 Å². The summed E-state index contributed by atoms with van der Waals surface area (Å²) in [4.78, 5) is 23.5. The number of aliphatic carboxylic acids is 1. The molecule has 0 atom stereocenters. The molecule has 0 fully saturated rings. The Bertz CT molecular complexity index is 479. The van der Waals surface area contributed by atoms with Crippen LogP contribution in [-0.2, 0) is 4.79 Å². The quantitative estimate of drug-likeness (QED) is 0.870. The molecule has 0 saturated carbocycles. The van der Waals surface area contributed by atoms with Crippen LogP contribution in [0.25, 0.3) is 0 Å². The number of carboxylic acids is 1. The van der Waals surface area contributed by atoms with Crippen LogP contribution in [0.5, 0.6) is 5.75 Å². The minimum Gasteiger partial charge on any atom is -0.495 e. The number of anilines is 1. The fourth-order valence-corrected chi connectivity index (χ4v) is 1.53. The Morgan fingerprint density at radius 1 is 1.47 bits per heavy atom. The van der Waals surface area contributed by atoms with Gasteiger partial charge in [0, 0.05) is 18.6 Å². The molecule has 0 aliphatic rings. The Morgan fingerprint density at radius 3 is 2.74 bits per heavy atom. The molecule has 0 saturated heterocycles. The Hall–Kier alpha value is -1.95. The lowest BCUT2D eigenvalue weighted by Gasteiger charge is -2.18. The fraction of sp³-hybridized carbons (Fsp3) is 0.333. The maximum Gasteiger partial charge on any atom is 0.321 e. The van der Waals surface area contributed by atoms with Crippen molar-refractivity contribution in [2.75, 3.05) is 26.0 Å². The van der Waals surface area contributed by atoms with E-state index in [1.54, 1.807) is 18.2 Å². The molecule has 0 unspecified atom stereocenters. The number of benzene rings is 1. The van der Waals surface area contributed by atoms with E-state index in [9.17, 15) is 9.59 Å². The standard InChI is InChI=1S/C12H15ClN2O4/c1-15(6-5-11(16)17)12(18)14-9-7-8(13)3-4-10(9)19-2/h3-4,7H,5-6H2,1-2H3,(H,14,18)(H,16,17). The maximum absolute atomic E-state index is 11.8. The van der Waals surface area contributed by atoms with Gasteiger partial charge in [-0.1, -0.05) is 11.6 Å². The minimum atomic E-state index is -0.958. The second kappa shape index (κ2) is 6.84. The average molecular weight is 287 g/mol. The first-order chi connectivity index (χ1) is 8.93. The predicted molar refractivity (Wildman–Crippen MR) is 71.9 cm³/mol. The molecule has 2 N–H and O–H groups in total. The fourth-order valence-electron chi connectivity index (χ4n) is 1.35. The number of rotatable bonds is 5. The number of nitrogens with one attached hydrogen (secondary N) is 1. The van der Waals surface area contributed by atoms with Crippen LogP contribution in [0.2, 0.25) is 5.02 Å². The van der Waals surface area contributed by atoms with Crippen molar-refractivity contribution in [3.05, 3.63) is 23.2 Å². The Kier molecular flexibility index (Phi) is 5.44. The molecular formula is C12H15ClN2O4. The van der Waals surface area contributed by atoms with Gasteiger partial charge in [-0.15, -0.1) is 0 Å². The van der Waals surface area contributed by atoms with Crippen molar-refractivity contribution in [2.45, 2.75) is 6.42 Å². The summed E-state index contributed by atoms with van der Waals surface area (Å²) in [6.07, 6.45) is -0.114. The van der Waals surface area contributed by atoms with Crippen LogP contribution in [0.1, 0.15) is 6.42 Å². The van der Waals surface area contributed by atoms with Crippen molar-refractivity contribution >= 4 is 29.3 Å². The van der Waals surface area contributed by atoms with Gasteiger partial charge in [0.15, 0.2) is 0 Å². The lowest BCUT2D eigenvalue weighted by molar-refractivity contribution is -0.137. The molecule has 0 aliphatic carbocycles. The summed E-state index contributed by atoms with van der Waals surface area (Å²) in [5, 5.41) is 11.6. The van der Waals surface area contributed by atoms with E-state index in [1.165, 1.54) is 19.1 Å². The van der Waals surface area contributed by atoms with Gasteiger partial charge in [-0.25, -0.2) is 4.79 Å². The minimum absolute atomic E-state index is 0.114. The number of halogens is 1. The van der Waals surface area contributed by atoms with Gasteiger partial charge in [0.2, 0.25) is 0 Å². The van der Waals surface area contributed by atoms with Crippen molar-refractivity contribution in [1.29, 1.82) is 0 Å². The molecule has 1 aromatic carbocycles. The summed E-state index contributed by atoms with van der Waals surface area (Å²) >= 11 is 5.84. The molecule has 1 aromatic rings. The second-order valence-electron chi connectivity index (χ2n) is 3.84. The highest BCUT2D eigenvalue weighted by Gasteiger charge is 2.13. The molecule has 104 valence electrons. The molecular weight excluding hydrogens is 272 g/mol. The number of nitrogens with zero attached hydrogens (tertiary/aromatic N) is 1. The Morgan fingerprint density at radius 2 is 2.16 bits per heavy atom. The third kappa shape index (κ3) is 4.67. The van der Waals surface area contributed by atoms with Crippen molar-refractivity contribution in [1.82, 2.24) is 4.90 Å². The molecule has 2 amide bonds. The first kappa shape index (κ1) is 15.1. The topological polar surface area (TPSA) is 78.9 Å². The van der Waals surface area contributed by atoms with Gasteiger partial charge in [0.25, 0.3) is 0 Å². The van der Waals surface area contributed by atoms with E-state index < -0.39 is 12.0 Å². The van der Waals surface area contributed by atoms with E-state index in [0.717, 1.165) is 0 Å². The van der Waals surface area contributed by atoms with Crippen LogP contribution >= 0.6 is 11.6 Å². The molecule has 0 bridgehead atoms. The average Bonchev–Trinajstić information content (AvgIpc) is 2.36. The van der Waals surface area contributed by atoms with Crippen LogP contribution in [-0.4, -0.2) is 42.7 Å². The molecule has 7 heteroatoms. The maximum atomic E-state index is 11.8. The second-order valence-corrected chi connectivity index (χ2v) is 4.28. The first-order valence-corrected chi connectivity index (χ1v) is 5.89. The summed E-state index contributed by atoms with van der Waals surface area (Å²) in [5.41, 5.74) is 0.433. The zero-order chi connectivity index (χ0) is 14.4. The summed E-state index contributed by atoms with van der Waals surface area (Å²) in [5.74, 6) is -0.482. The van der Waals surface area contributed by atoms with Gasteiger partial charge in [-0.05, 0) is 18.2 Å².